The summed E-state index contributed by atoms with van der Waals surface area (Å²) in [6.07, 6.45) is 4.31. The molecule has 0 radical (unpaired) electrons. The van der Waals surface area contributed by atoms with Crippen molar-refractivity contribution in [3.63, 3.8) is 0 Å². The third-order valence-electron chi connectivity index (χ3n) is 3.80. The Kier molecular flexibility index (Phi) is 2.40. The van der Waals surface area contributed by atoms with Crippen LogP contribution in [0.1, 0.15) is 19.8 Å². The molecular weight excluding hydrogens is 174 g/mol. The first-order valence-corrected chi connectivity index (χ1v) is 5.33. The Hall–Kier alpha value is -0.760. The Labute approximate surface area is 86.2 Å². The van der Waals surface area contributed by atoms with Crippen LogP contribution in [0, 0.1) is 5.41 Å². The predicted molar refractivity (Wildman–Crippen MR) is 58.0 cm³/mol. The zero-order valence-electron chi connectivity index (χ0n) is 9.18. The molecule has 14 heavy (non-hydrogen) atoms. The van der Waals surface area contributed by atoms with Crippen LogP contribution in [-0.4, -0.2) is 31.6 Å². The van der Waals surface area contributed by atoms with Gasteiger partial charge in [0.25, 0.3) is 0 Å². The lowest BCUT2D eigenvalue weighted by Gasteiger charge is -2.37. The van der Waals surface area contributed by atoms with Gasteiger partial charge in [-0.05, 0) is 51.6 Å². The van der Waals surface area contributed by atoms with E-state index in [9.17, 15) is 0 Å². The summed E-state index contributed by atoms with van der Waals surface area (Å²) in [5.74, 6) is 1.02. The van der Waals surface area contributed by atoms with Crippen molar-refractivity contribution in [3.05, 3.63) is 24.0 Å². The van der Waals surface area contributed by atoms with E-state index in [0.717, 1.165) is 12.4 Å². The highest BCUT2D eigenvalue weighted by Crippen LogP contribution is 2.44. The van der Waals surface area contributed by atoms with Gasteiger partial charge >= 0.3 is 0 Å². The second-order valence-corrected chi connectivity index (χ2v) is 4.57. The van der Waals surface area contributed by atoms with Crippen molar-refractivity contribution in [3.8, 4) is 0 Å². The summed E-state index contributed by atoms with van der Waals surface area (Å²) in [6, 6.07) is 0. The Bertz CT molecular complexity index is 272. The fraction of sp³-hybridized carbons (Fsp3) is 0.667. The molecule has 0 N–H and O–H groups in total. The van der Waals surface area contributed by atoms with Crippen LogP contribution in [0.4, 0.5) is 0 Å². The van der Waals surface area contributed by atoms with E-state index in [0.29, 0.717) is 5.41 Å². The molecule has 0 aliphatic carbocycles. The molecule has 2 aliphatic rings. The van der Waals surface area contributed by atoms with Gasteiger partial charge in [0.1, 0.15) is 5.76 Å². The van der Waals surface area contributed by atoms with Crippen LogP contribution >= 0.6 is 0 Å². The van der Waals surface area contributed by atoms with Crippen LogP contribution in [0.25, 0.3) is 0 Å². The molecule has 2 aliphatic heterocycles. The van der Waals surface area contributed by atoms with Gasteiger partial charge in [-0.2, -0.15) is 0 Å². The molecule has 0 bridgehead atoms. The number of allylic oxidation sites excluding steroid dienone is 1. The van der Waals surface area contributed by atoms with Crippen LogP contribution in [0.15, 0.2) is 24.0 Å². The molecule has 0 amide bonds. The molecule has 0 saturated carbocycles. The fourth-order valence-corrected chi connectivity index (χ4v) is 2.47. The zero-order valence-corrected chi connectivity index (χ0v) is 9.18. The fourth-order valence-electron chi connectivity index (χ4n) is 2.47. The predicted octanol–water partition coefficient (Wildman–Crippen LogP) is 2.19. The van der Waals surface area contributed by atoms with Gasteiger partial charge in [-0.1, -0.05) is 6.58 Å². The summed E-state index contributed by atoms with van der Waals surface area (Å²) in [6.45, 7) is 9.24. The molecule has 0 atom stereocenters. The van der Waals surface area contributed by atoms with E-state index in [2.05, 4.69) is 25.5 Å². The van der Waals surface area contributed by atoms with Crippen LogP contribution in [0.3, 0.4) is 0 Å². The van der Waals surface area contributed by atoms with Crippen LogP contribution < -0.4 is 0 Å². The first kappa shape index (κ1) is 9.78. The van der Waals surface area contributed by atoms with E-state index in [1.165, 1.54) is 31.5 Å². The Balaban J connectivity index is 2.18. The lowest BCUT2D eigenvalue weighted by molar-refractivity contribution is 0.0995. The number of likely N-dealkylation sites (tertiary alicyclic amines) is 1. The summed E-state index contributed by atoms with van der Waals surface area (Å²) >= 11 is 0. The minimum atomic E-state index is 0.329. The Morgan fingerprint density at radius 2 is 2.07 bits per heavy atom. The van der Waals surface area contributed by atoms with E-state index < -0.39 is 0 Å². The monoisotopic (exact) mass is 193 g/mol. The summed E-state index contributed by atoms with van der Waals surface area (Å²) in [4.78, 5) is 2.39. The third-order valence-corrected chi connectivity index (χ3v) is 3.80. The molecule has 0 aromatic rings. The maximum absolute atomic E-state index is 5.69. The minimum absolute atomic E-state index is 0.329. The molecule has 2 nitrogen and oxygen atoms in total. The first-order valence-electron chi connectivity index (χ1n) is 5.33. The number of hydrogen-bond donors (Lipinski definition) is 0. The van der Waals surface area contributed by atoms with E-state index >= 15 is 0 Å². The van der Waals surface area contributed by atoms with Crippen LogP contribution in [0.5, 0.6) is 0 Å². The van der Waals surface area contributed by atoms with Crippen molar-refractivity contribution in [1.29, 1.82) is 0 Å². The molecule has 78 valence electrons. The van der Waals surface area contributed by atoms with Crippen LogP contribution in [0.2, 0.25) is 0 Å². The maximum atomic E-state index is 5.69. The van der Waals surface area contributed by atoms with E-state index in [1.807, 2.05) is 6.08 Å². The lowest BCUT2D eigenvalue weighted by Crippen LogP contribution is -2.39. The Morgan fingerprint density at radius 3 is 2.57 bits per heavy atom. The van der Waals surface area contributed by atoms with Gasteiger partial charge in [-0.25, -0.2) is 0 Å². The van der Waals surface area contributed by atoms with Crippen molar-refractivity contribution in [2.45, 2.75) is 19.8 Å². The van der Waals surface area contributed by atoms with E-state index in [-0.39, 0.29) is 0 Å². The smallest absolute Gasteiger partial charge is 0.118 e. The molecule has 0 unspecified atom stereocenters. The van der Waals surface area contributed by atoms with Gasteiger partial charge in [0.2, 0.25) is 0 Å². The normalized spacial score (nSPS) is 26.7. The van der Waals surface area contributed by atoms with Crippen molar-refractivity contribution in [2.24, 2.45) is 5.41 Å². The number of piperidine rings is 1. The Morgan fingerprint density at radius 1 is 1.43 bits per heavy atom. The summed E-state index contributed by atoms with van der Waals surface area (Å²) in [5.41, 5.74) is 1.75. The number of hydrogen-bond acceptors (Lipinski definition) is 2. The molecule has 2 heteroatoms. The van der Waals surface area contributed by atoms with Gasteiger partial charge in [0, 0.05) is 5.41 Å². The van der Waals surface area contributed by atoms with Crippen molar-refractivity contribution in [1.82, 2.24) is 4.90 Å². The van der Waals surface area contributed by atoms with E-state index in [1.54, 1.807) is 0 Å². The van der Waals surface area contributed by atoms with Gasteiger partial charge in [0.15, 0.2) is 0 Å². The van der Waals surface area contributed by atoms with Crippen molar-refractivity contribution < 1.29 is 4.74 Å². The van der Waals surface area contributed by atoms with Gasteiger partial charge in [-0.15, -0.1) is 0 Å². The van der Waals surface area contributed by atoms with Crippen LogP contribution in [-0.2, 0) is 4.74 Å². The average molecular weight is 193 g/mol. The van der Waals surface area contributed by atoms with Crippen molar-refractivity contribution >= 4 is 0 Å². The molecular formula is C12H19NO. The van der Waals surface area contributed by atoms with Gasteiger partial charge in [-0.3, -0.25) is 0 Å². The molecule has 2 heterocycles. The second-order valence-electron chi connectivity index (χ2n) is 4.57. The first-order chi connectivity index (χ1) is 6.68. The summed E-state index contributed by atoms with van der Waals surface area (Å²) < 4.78 is 5.69. The second kappa shape index (κ2) is 3.43. The molecule has 1 saturated heterocycles. The standard InChI is InChI=1S/C12H19NO/c1-4-11-10(2)12(9-14-11)5-7-13(3)8-6-12/h4H,1,5-9H2,2-3H3. The largest absolute Gasteiger partial charge is 0.493 e. The zero-order chi connectivity index (χ0) is 10.2. The molecule has 0 aromatic carbocycles. The highest BCUT2D eigenvalue weighted by atomic mass is 16.5. The maximum Gasteiger partial charge on any atom is 0.118 e. The number of ether oxygens (including phenoxy) is 1. The number of rotatable bonds is 1. The average Bonchev–Trinajstić information content (AvgIpc) is 2.50. The molecule has 2 rings (SSSR count). The summed E-state index contributed by atoms with van der Waals surface area (Å²) in [7, 11) is 2.19. The number of nitrogens with zero attached hydrogens (tertiary/aromatic N) is 1. The lowest BCUT2D eigenvalue weighted by atomic mass is 9.74. The highest BCUT2D eigenvalue weighted by Gasteiger charge is 2.41. The highest BCUT2D eigenvalue weighted by molar-refractivity contribution is 5.28. The molecule has 1 spiro atoms. The SMILES string of the molecule is C=CC1=C(C)C2(CCN(C)CC2)CO1. The van der Waals surface area contributed by atoms with Gasteiger partial charge < -0.3 is 9.64 Å². The molecule has 0 aromatic heterocycles. The topological polar surface area (TPSA) is 12.5 Å². The third kappa shape index (κ3) is 1.38. The minimum Gasteiger partial charge on any atom is -0.493 e. The van der Waals surface area contributed by atoms with Gasteiger partial charge in [0.05, 0.1) is 6.61 Å². The molecule has 1 fully saturated rings. The van der Waals surface area contributed by atoms with E-state index in [4.69, 9.17) is 4.74 Å². The summed E-state index contributed by atoms with van der Waals surface area (Å²) in [5, 5.41) is 0. The van der Waals surface area contributed by atoms with Crippen molar-refractivity contribution in [2.75, 3.05) is 26.7 Å². The quantitative estimate of drug-likeness (QED) is 0.633.